The molecule has 1 saturated heterocycles. The molecule has 0 spiro atoms. The van der Waals surface area contributed by atoms with Gasteiger partial charge in [-0.2, -0.15) is 13.2 Å². The first-order valence-electron chi connectivity index (χ1n) is 8.52. The predicted molar refractivity (Wildman–Crippen MR) is 79.3 cm³/mol. The van der Waals surface area contributed by atoms with Crippen molar-refractivity contribution in [2.45, 2.75) is 64.1 Å². The Morgan fingerprint density at radius 2 is 1.81 bits per heavy atom. The fourth-order valence-electron chi connectivity index (χ4n) is 3.89. The quantitative estimate of drug-likeness (QED) is 0.830. The zero-order valence-corrected chi connectivity index (χ0v) is 13.1. The summed E-state index contributed by atoms with van der Waals surface area (Å²) in [6.45, 7) is 6.42. The van der Waals surface area contributed by atoms with Gasteiger partial charge in [0.15, 0.2) is 0 Å². The monoisotopic (exact) mass is 306 g/mol. The zero-order chi connectivity index (χ0) is 15.3. The summed E-state index contributed by atoms with van der Waals surface area (Å²) in [6, 6.07) is 0.366. The molecular weight excluding hydrogens is 277 g/mol. The highest BCUT2D eigenvalue weighted by molar-refractivity contribution is 4.84. The van der Waals surface area contributed by atoms with Crippen LogP contribution in [-0.4, -0.2) is 43.3 Å². The Morgan fingerprint density at radius 3 is 2.33 bits per heavy atom. The van der Waals surface area contributed by atoms with Crippen LogP contribution in [0.5, 0.6) is 0 Å². The number of alkyl halides is 3. The van der Waals surface area contributed by atoms with Crippen molar-refractivity contribution in [2.75, 3.05) is 26.2 Å². The summed E-state index contributed by atoms with van der Waals surface area (Å²) >= 11 is 0. The van der Waals surface area contributed by atoms with E-state index >= 15 is 0 Å². The maximum Gasteiger partial charge on any atom is 0.391 e. The molecule has 1 atom stereocenters. The van der Waals surface area contributed by atoms with E-state index in [0.29, 0.717) is 37.6 Å². The lowest BCUT2D eigenvalue weighted by Crippen LogP contribution is -2.45. The molecular formula is C16H29F3N2. The SMILES string of the molecule is CCCN(CC1CCCNC1)C1CCC(C(F)(F)F)CC1. The minimum absolute atomic E-state index is 0.317. The molecule has 0 radical (unpaired) electrons. The van der Waals surface area contributed by atoms with Crippen molar-refractivity contribution >= 4 is 0 Å². The Labute approximate surface area is 126 Å². The number of hydrogen-bond acceptors (Lipinski definition) is 2. The third kappa shape index (κ3) is 5.13. The number of rotatable bonds is 5. The molecule has 0 bridgehead atoms. The van der Waals surface area contributed by atoms with Crippen LogP contribution in [-0.2, 0) is 0 Å². The maximum atomic E-state index is 12.8. The Morgan fingerprint density at radius 1 is 1.10 bits per heavy atom. The molecule has 0 aromatic heterocycles. The highest BCUT2D eigenvalue weighted by atomic mass is 19.4. The van der Waals surface area contributed by atoms with Crippen LogP contribution in [0.3, 0.4) is 0 Å². The predicted octanol–water partition coefficient (Wildman–Crippen LogP) is 3.82. The van der Waals surface area contributed by atoms with Gasteiger partial charge in [-0.1, -0.05) is 6.92 Å². The zero-order valence-electron chi connectivity index (χ0n) is 13.1. The second-order valence-electron chi connectivity index (χ2n) is 6.75. The van der Waals surface area contributed by atoms with E-state index in [-0.39, 0.29) is 0 Å². The molecule has 124 valence electrons. The van der Waals surface area contributed by atoms with E-state index in [9.17, 15) is 13.2 Å². The third-order valence-corrected chi connectivity index (χ3v) is 5.08. The van der Waals surface area contributed by atoms with Crippen LogP contribution in [0.25, 0.3) is 0 Å². The van der Waals surface area contributed by atoms with Gasteiger partial charge >= 0.3 is 6.18 Å². The van der Waals surface area contributed by atoms with Crippen molar-refractivity contribution in [1.82, 2.24) is 10.2 Å². The number of piperidine rings is 1. The fourth-order valence-corrected chi connectivity index (χ4v) is 3.89. The van der Waals surface area contributed by atoms with Gasteiger partial charge in [0.25, 0.3) is 0 Å². The molecule has 2 rings (SSSR count). The summed E-state index contributed by atoms with van der Waals surface area (Å²) in [5, 5.41) is 3.44. The Bertz CT molecular complexity index is 292. The lowest BCUT2D eigenvalue weighted by atomic mass is 9.84. The number of hydrogen-bond donors (Lipinski definition) is 1. The minimum Gasteiger partial charge on any atom is -0.316 e. The van der Waals surface area contributed by atoms with Crippen LogP contribution in [0, 0.1) is 11.8 Å². The molecule has 0 aromatic carbocycles. The molecule has 21 heavy (non-hydrogen) atoms. The normalized spacial score (nSPS) is 31.6. The number of nitrogens with zero attached hydrogens (tertiary/aromatic N) is 1. The van der Waals surface area contributed by atoms with Gasteiger partial charge in [0.2, 0.25) is 0 Å². The summed E-state index contributed by atoms with van der Waals surface area (Å²) in [6.07, 6.45) is 1.63. The van der Waals surface area contributed by atoms with E-state index in [2.05, 4.69) is 17.1 Å². The lowest BCUT2D eigenvalue weighted by molar-refractivity contribution is -0.184. The molecule has 2 aliphatic rings. The lowest BCUT2D eigenvalue weighted by Gasteiger charge is -2.39. The molecule has 1 aliphatic carbocycles. The van der Waals surface area contributed by atoms with E-state index in [1.807, 2.05) is 0 Å². The summed E-state index contributed by atoms with van der Waals surface area (Å²) in [4.78, 5) is 2.48. The largest absolute Gasteiger partial charge is 0.391 e. The van der Waals surface area contributed by atoms with Gasteiger partial charge in [0.05, 0.1) is 5.92 Å². The molecule has 2 fully saturated rings. The van der Waals surface area contributed by atoms with Crippen molar-refractivity contribution in [3.63, 3.8) is 0 Å². The molecule has 2 nitrogen and oxygen atoms in total. The van der Waals surface area contributed by atoms with Crippen molar-refractivity contribution in [3.8, 4) is 0 Å². The van der Waals surface area contributed by atoms with Gasteiger partial charge in [0, 0.05) is 12.6 Å². The van der Waals surface area contributed by atoms with Gasteiger partial charge in [0.1, 0.15) is 0 Å². The van der Waals surface area contributed by atoms with Crippen molar-refractivity contribution in [2.24, 2.45) is 11.8 Å². The number of halogens is 3. The molecule has 5 heteroatoms. The summed E-state index contributed by atoms with van der Waals surface area (Å²) < 4.78 is 38.3. The van der Waals surface area contributed by atoms with Gasteiger partial charge in [-0.25, -0.2) is 0 Å². The van der Waals surface area contributed by atoms with Crippen LogP contribution in [0.4, 0.5) is 13.2 Å². The summed E-state index contributed by atoms with van der Waals surface area (Å²) in [7, 11) is 0. The second kappa shape index (κ2) is 7.82. The summed E-state index contributed by atoms with van der Waals surface area (Å²) in [5.74, 6) is -0.390. The van der Waals surface area contributed by atoms with Gasteiger partial charge in [-0.05, 0) is 70.5 Å². The van der Waals surface area contributed by atoms with E-state index in [1.54, 1.807) is 0 Å². The van der Waals surface area contributed by atoms with E-state index < -0.39 is 12.1 Å². The van der Waals surface area contributed by atoms with Crippen LogP contribution in [0.15, 0.2) is 0 Å². The highest BCUT2D eigenvalue weighted by Crippen LogP contribution is 2.39. The van der Waals surface area contributed by atoms with Gasteiger partial charge in [-0.3, -0.25) is 0 Å². The van der Waals surface area contributed by atoms with Crippen LogP contribution in [0.2, 0.25) is 0 Å². The molecule has 1 heterocycles. The average molecular weight is 306 g/mol. The van der Waals surface area contributed by atoms with Crippen molar-refractivity contribution in [1.29, 1.82) is 0 Å². The first-order chi connectivity index (χ1) is 10.0. The van der Waals surface area contributed by atoms with Crippen LogP contribution >= 0.6 is 0 Å². The Balaban J connectivity index is 1.84. The van der Waals surface area contributed by atoms with E-state index in [1.165, 1.54) is 12.8 Å². The first-order valence-corrected chi connectivity index (χ1v) is 8.52. The fraction of sp³-hybridized carbons (Fsp3) is 1.00. The highest BCUT2D eigenvalue weighted by Gasteiger charge is 2.42. The molecule has 1 aliphatic heterocycles. The topological polar surface area (TPSA) is 15.3 Å². The minimum atomic E-state index is -3.99. The molecule has 0 aromatic rings. The third-order valence-electron chi connectivity index (χ3n) is 5.08. The molecule has 1 unspecified atom stereocenters. The summed E-state index contributed by atoms with van der Waals surface area (Å²) in [5.41, 5.74) is 0. The number of nitrogens with one attached hydrogen (secondary N) is 1. The van der Waals surface area contributed by atoms with E-state index in [0.717, 1.165) is 32.6 Å². The molecule has 1 saturated carbocycles. The average Bonchev–Trinajstić information content (AvgIpc) is 2.47. The Kier molecular flexibility index (Phi) is 6.35. The van der Waals surface area contributed by atoms with Crippen LogP contribution < -0.4 is 5.32 Å². The standard InChI is InChI=1S/C16H29F3N2/c1-2-10-21(12-13-4-3-9-20-11-13)15-7-5-14(6-8-15)16(17,18)19/h13-15,20H,2-12H2,1H3. The maximum absolute atomic E-state index is 12.8. The smallest absolute Gasteiger partial charge is 0.316 e. The molecule has 1 N–H and O–H groups in total. The van der Waals surface area contributed by atoms with Gasteiger partial charge < -0.3 is 10.2 Å². The molecule has 0 amide bonds. The van der Waals surface area contributed by atoms with Crippen molar-refractivity contribution < 1.29 is 13.2 Å². The van der Waals surface area contributed by atoms with Crippen molar-refractivity contribution in [3.05, 3.63) is 0 Å². The van der Waals surface area contributed by atoms with E-state index in [4.69, 9.17) is 0 Å². The first kappa shape index (κ1) is 17.1. The van der Waals surface area contributed by atoms with Gasteiger partial charge in [-0.15, -0.1) is 0 Å². The van der Waals surface area contributed by atoms with Crippen LogP contribution in [0.1, 0.15) is 51.9 Å². The second-order valence-corrected chi connectivity index (χ2v) is 6.75. The Hall–Kier alpha value is -0.290.